The molecule has 92 valence electrons. The van der Waals surface area contributed by atoms with E-state index >= 15 is 0 Å². The van der Waals surface area contributed by atoms with Crippen molar-refractivity contribution < 1.29 is 5.11 Å². The van der Waals surface area contributed by atoms with Gasteiger partial charge in [0.1, 0.15) is 0 Å². The van der Waals surface area contributed by atoms with Crippen molar-refractivity contribution in [1.29, 1.82) is 0 Å². The summed E-state index contributed by atoms with van der Waals surface area (Å²) in [6.45, 7) is 7.44. The molecule has 0 aliphatic rings. The second-order valence-corrected chi connectivity index (χ2v) is 4.58. The lowest BCUT2D eigenvalue weighted by Gasteiger charge is -2.26. The fourth-order valence-corrected chi connectivity index (χ4v) is 2.28. The number of aliphatic hydroxyl groups is 1. The van der Waals surface area contributed by atoms with Crippen LogP contribution in [0.2, 0.25) is 0 Å². The molecule has 0 bridgehead atoms. The highest BCUT2D eigenvalue weighted by Gasteiger charge is 2.26. The van der Waals surface area contributed by atoms with Crippen LogP contribution in [0.4, 0.5) is 0 Å². The summed E-state index contributed by atoms with van der Waals surface area (Å²) in [6.07, 6.45) is 4.55. The Morgan fingerprint density at radius 1 is 0.944 bits per heavy atom. The Hall–Kier alpha value is -1.86. The topological polar surface area (TPSA) is 20.2 Å². The Balaban J connectivity index is 2.50. The zero-order valence-electron chi connectivity index (χ0n) is 10.5. The molecule has 0 aromatic heterocycles. The van der Waals surface area contributed by atoms with Gasteiger partial charge in [0.2, 0.25) is 0 Å². The quantitative estimate of drug-likeness (QED) is 0.775. The van der Waals surface area contributed by atoms with Crippen molar-refractivity contribution in [1.82, 2.24) is 0 Å². The van der Waals surface area contributed by atoms with Gasteiger partial charge < -0.3 is 5.11 Å². The highest BCUT2D eigenvalue weighted by atomic mass is 16.3. The highest BCUT2D eigenvalue weighted by molar-refractivity contribution is 5.83. The van der Waals surface area contributed by atoms with Crippen LogP contribution < -0.4 is 0 Å². The van der Waals surface area contributed by atoms with Crippen molar-refractivity contribution in [2.75, 3.05) is 0 Å². The number of fused-ring (bicyclic) bond motifs is 1. The van der Waals surface area contributed by atoms with Gasteiger partial charge >= 0.3 is 0 Å². The van der Waals surface area contributed by atoms with Gasteiger partial charge in [-0.05, 0) is 35.2 Å². The minimum absolute atomic E-state index is 0.525. The van der Waals surface area contributed by atoms with E-state index in [1.807, 2.05) is 30.3 Å². The molecular weight excluding hydrogens is 220 g/mol. The van der Waals surface area contributed by atoms with Crippen molar-refractivity contribution in [2.24, 2.45) is 0 Å². The first kappa shape index (κ1) is 12.6. The van der Waals surface area contributed by atoms with Crippen LogP contribution in [0, 0.1) is 0 Å². The molecule has 0 aliphatic heterocycles. The largest absolute Gasteiger partial charge is 0.385 e. The first-order valence-electron chi connectivity index (χ1n) is 6.13. The Labute approximate surface area is 108 Å². The molecule has 1 heteroatoms. The van der Waals surface area contributed by atoms with Gasteiger partial charge in [-0.3, -0.25) is 0 Å². The van der Waals surface area contributed by atoms with Crippen LogP contribution >= 0.6 is 0 Å². The molecule has 1 nitrogen and oxygen atoms in total. The fourth-order valence-electron chi connectivity index (χ4n) is 2.28. The van der Waals surface area contributed by atoms with Crippen molar-refractivity contribution in [3.63, 3.8) is 0 Å². The smallest absolute Gasteiger partial charge is 0.0965 e. The fraction of sp³-hybridized carbons (Fsp3) is 0.176. The van der Waals surface area contributed by atoms with Gasteiger partial charge in [0.25, 0.3) is 0 Å². The maximum atomic E-state index is 10.7. The summed E-state index contributed by atoms with van der Waals surface area (Å²) in [5.41, 5.74) is 0.0223. The third kappa shape index (κ3) is 2.36. The zero-order valence-corrected chi connectivity index (χ0v) is 10.5. The second kappa shape index (κ2) is 5.19. The van der Waals surface area contributed by atoms with E-state index in [-0.39, 0.29) is 0 Å². The average molecular weight is 238 g/mol. The molecule has 0 aliphatic carbocycles. The van der Waals surface area contributed by atoms with Gasteiger partial charge in [0, 0.05) is 0 Å². The van der Waals surface area contributed by atoms with Gasteiger partial charge in [-0.25, -0.2) is 0 Å². The Kier molecular flexibility index (Phi) is 3.63. The number of benzene rings is 2. The number of hydrogen-bond acceptors (Lipinski definition) is 1. The predicted molar refractivity (Wildman–Crippen MR) is 77.5 cm³/mol. The van der Waals surface area contributed by atoms with E-state index < -0.39 is 5.60 Å². The number of rotatable bonds is 5. The first-order valence-corrected chi connectivity index (χ1v) is 6.13. The summed E-state index contributed by atoms with van der Waals surface area (Å²) in [7, 11) is 0. The minimum atomic E-state index is -0.895. The molecule has 0 spiro atoms. The molecule has 0 saturated heterocycles. The van der Waals surface area contributed by atoms with Gasteiger partial charge in [-0.1, -0.05) is 48.6 Å². The molecule has 2 rings (SSSR count). The summed E-state index contributed by atoms with van der Waals surface area (Å²) in [5.74, 6) is 0. The molecule has 0 unspecified atom stereocenters. The lowest BCUT2D eigenvalue weighted by atomic mass is 9.86. The standard InChI is InChI=1S/C17H18O/c1-3-11-17(18,12-4-2)16-10-9-14-7-5-6-8-15(14)13-16/h3-10,13,18H,1-2,11-12H2. The van der Waals surface area contributed by atoms with Crippen LogP contribution in [-0.2, 0) is 5.60 Å². The monoisotopic (exact) mass is 238 g/mol. The van der Waals surface area contributed by atoms with E-state index in [0.717, 1.165) is 10.9 Å². The Bertz CT molecular complexity index is 559. The van der Waals surface area contributed by atoms with Gasteiger partial charge in [0.15, 0.2) is 0 Å². The van der Waals surface area contributed by atoms with E-state index in [1.54, 1.807) is 12.2 Å². The number of hydrogen-bond donors (Lipinski definition) is 1. The van der Waals surface area contributed by atoms with Gasteiger partial charge in [-0.15, -0.1) is 13.2 Å². The molecule has 1 N–H and O–H groups in total. The summed E-state index contributed by atoms with van der Waals surface area (Å²) in [5, 5.41) is 13.0. The van der Waals surface area contributed by atoms with Crippen LogP contribution in [0.3, 0.4) is 0 Å². The third-order valence-corrected chi connectivity index (χ3v) is 3.25. The molecule has 2 aromatic rings. The summed E-state index contributed by atoms with van der Waals surface area (Å²) >= 11 is 0. The van der Waals surface area contributed by atoms with Gasteiger partial charge in [0.05, 0.1) is 5.60 Å². The van der Waals surface area contributed by atoms with Crippen LogP contribution in [0.1, 0.15) is 18.4 Å². The molecule has 18 heavy (non-hydrogen) atoms. The normalized spacial score (nSPS) is 11.4. The SMILES string of the molecule is C=CCC(O)(CC=C)c1ccc2ccccc2c1. The second-order valence-electron chi connectivity index (χ2n) is 4.58. The predicted octanol–water partition coefficient (Wildman–Crippen LogP) is 4.18. The van der Waals surface area contributed by atoms with Crippen molar-refractivity contribution in [3.05, 3.63) is 73.3 Å². The lowest BCUT2D eigenvalue weighted by molar-refractivity contribution is 0.0431. The third-order valence-electron chi connectivity index (χ3n) is 3.25. The minimum Gasteiger partial charge on any atom is -0.385 e. The van der Waals surface area contributed by atoms with Crippen LogP contribution in [-0.4, -0.2) is 5.11 Å². The molecule has 0 saturated carbocycles. The molecule has 0 fully saturated rings. The van der Waals surface area contributed by atoms with Crippen LogP contribution in [0.15, 0.2) is 67.8 Å². The Morgan fingerprint density at radius 3 is 2.17 bits per heavy atom. The van der Waals surface area contributed by atoms with Gasteiger partial charge in [-0.2, -0.15) is 0 Å². The molecule has 0 amide bonds. The van der Waals surface area contributed by atoms with E-state index in [9.17, 15) is 5.11 Å². The van der Waals surface area contributed by atoms with E-state index in [0.29, 0.717) is 12.8 Å². The lowest BCUT2D eigenvalue weighted by Crippen LogP contribution is -2.24. The first-order chi connectivity index (χ1) is 8.69. The van der Waals surface area contributed by atoms with E-state index in [1.165, 1.54) is 5.39 Å². The zero-order chi connectivity index (χ0) is 13.0. The average Bonchev–Trinajstić information content (AvgIpc) is 2.39. The maximum absolute atomic E-state index is 10.7. The Morgan fingerprint density at radius 2 is 1.56 bits per heavy atom. The van der Waals surface area contributed by atoms with Crippen molar-refractivity contribution >= 4 is 10.8 Å². The summed E-state index contributed by atoms with van der Waals surface area (Å²) in [4.78, 5) is 0. The molecule has 0 atom stereocenters. The molecule has 0 radical (unpaired) electrons. The van der Waals surface area contributed by atoms with Crippen molar-refractivity contribution in [2.45, 2.75) is 18.4 Å². The molecule has 0 heterocycles. The summed E-state index contributed by atoms with van der Waals surface area (Å²) < 4.78 is 0. The van der Waals surface area contributed by atoms with Crippen molar-refractivity contribution in [3.8, 4) is 0 Å². The summed E-state index contributed by atoms with van der Waals surface area (Å²) in [6, 6.07) is 14.2. The highest BCUT2D eigenvalue weighted by Crippen LogP contribution is 2.31. The molecular formula is C17H18O. The van der Waals surface area contributed by atoms with E-state index in [4.69, 9.17) is 0 Å². The maximum Gasteiger partial charge on any atom is 0.0965 e. The van der Waals surface area contributed by atoms with Crippen LogP contribution in [0.25, 0.3) is 10.8 Å². The molecule has 2 aromatic carbocycles. The van der Waals surface area contributed by atoms with Crippen LogP contribution in [0.5, 0.6) is 0 Å². The van der Waals surface area contributed by atoms with E-state index in [2.05, 4.69) is 25.3 Å².